The predicted octanol–water partition coefficient (Wildman–Crippen LogP) is 1.11. The van der Waals surface area contributed by atoms with Gasteiger partial charge in [0.2, 0.25) is 0 Å². The van der Waals surface area contributed by atoms with Crippen LogP contribution in [0.4, 0.5) is 11.5 Å². The number of aromatic nitrogens is 2. The normalized spacial score (nSPS) is 15.4. The number of hydrogen-bond acceptors (Lipinski definition) is 5. The van der Waals surface area contributed by atoms with E-state index in [9.17, 15) is 14.4 Å². The minimum absolute atomic E-state index is 0.0384. The van der Waals surface area contributed by atoms with Crippen molar-refractivity contribution in [3.63, 3.8) is 0 Å². The summed E-state index contributed by atoms with van der Waals surface area (Å²) in [5.74, 6) is 0.649. The van der Waals surface area contributed by atoms with Crippen LogP contribution in [0, 0.1) is 0 Å². The molecule has 9 nitrogen and oxygen atoms in total. The van der Waals surface area contributed by atoms with Gasteiger partial charge in [0.15, 0.2) is 18.0 Å². The molecule has 0 bridgehead atoms. The Bertz CT molecular complexity index is 957. The molecular formula is C21H32N5O4+. The molecule has 2 aromatic heterocycles. The van der Waals surface area contributed by atoms with E-state index in [2.05, 4.69) is 4.98 Å². The van der Waals surface area contributed by atoms with E-state index in [1.54, 1.807) is 6.26 Å². The molecule has 164 valence electrons. The number of carbonyl (C=O) groups excluding carboxylic acids is 1. The van der Waals surface area contributed by atoms with Gasteiger partial charge in [0, 0.05) is 12.6 Å². The molecule has 5 N–H and O–H groups in total. The Balaban J connectivity index is 1.91. The lowest BCUT2D eigenvalue weighted by molar-refractivity contribution is -0.684. The quantitative estimate of drug-likeness (QED) is 0.561. The van der Waals surface area contributed by atoms with Gasteiger partial charge in [0.1, 0.15) is 11.9 Å². The van der Waals surface area contributed by atoms with Crippen LogP contribution in [-0.2, 0) is 11.3 Å². The van der Waals surface area contributed by atoms with Crippen LogP contribution in [0.25, 0.3) is 0 Å². The first kappa shape index (κ1) is 21.9. The molecule has 1 fully saturated rings. The average molecular weight is 419 g/mol. The summed E-state index contributed by atoms with van der Waals surface area (Å²) in [4.78, 5) is 42.2. The van der Waals surface area contributed by atoms with Gasteiger partial charge in [-0.15, -0.1) is 0 Å². The average Bonchev–Trinajstić information content (AvgIpc) is 3.43. The van der Waals surface area contributed by atoms with Crippen LogP contribution in [-0.4, -0.2) is 28.0 Å². The van der Waals surface area contributed by atoms with E-state index in [0.717, 1.165) is 44.3 Å². The first-order valence-electron chi connectivity index (χ1n) is 10.7. The molecule has 0 unspecified atom stereocenters. The zero-order valence-corrected chi connectivity index (χ0v) is 17.7. The molecule has 2 heterocycles. The van der Waals surface area contributed by atoms with E-state index >= 15 is 0 Å². The molecule has 0 aromatic carbocycles. The van der Waals surface area contributed by atoms with Gasteiger partial charge in [-0.1, -0.05) is 26.2 Å². The highest BCUT2D eigenvalue weighted by molar-refractivity contribution is 5.96. The number of amides is 1. The maximum absolute atomic E-state index is 13.3. The topological polar surface area (TPSA) is 131 Å². The van der Waals surface area contributed by atoms with Crippen molar-refractivity contribution in [2.75, 3.05) is 17.2 Å². The van der Waals surface area contributed by atoms with Crippen LogP contribution in [0.2, 0.25) is 0 Å². The number of nitrogens with two attached hydrogens (primary N) is 2. The van der Waals surface area contributed by atoms with Gasteiger partial charge < -0.3 is 15.5 Å². The highest BCUT2D eigenvalue weighted by Crippen LogP contribution is 2.29. The standard InChI is InChI=1S/C21H31N5O4/c1-3-4-11-25-19(22)18(20(28)24-21(25)29)26(15-8-5-6-9-15)17(27)13-23-14(2)16-10-7-12-30-16/h7,10,12,14-15,23H,3-6,8-9,11,13,22H2,1-2H3,(H,24,28,29)/p+1/t14-/m1/s1. The molecule has 1 saturated carbocycles. The van der Waals surface area contributed by atoms with E-state index in [1.807, 2.05) is 31.3 Å². The van der Waals surface area contributed by atoms with Crippen molar-refractivity contribution in [1.29, 1.82) is 0 Å². The second-order valence-electron chi connectivity index (χ2n) is 7.94. The molecule has 0 aliphatic heterocycles. The Morgan fingerprint density at radius 2 is 2.13 bits per heavy atom. The third-order valence-electron chi connectivity index (χ3n) is 5.79. The maximum atomic E-state index is 13.3. The van der Waals surface area contributed by atoms with E-state index in [1.165, 1.54) is 9.47 Å². The van der Waals surface area contributed by atoms with Gasteiger partial charge in [0.25, 0.3) is 11.5 Å². The van der Waals surface area contributed by atoms with Crippen LogP contribution < -0.4 is 27.2 Å². The van der Waals surface area contributed by atoms with Crippen molar-refractivity contribution < 1.29 is 14.5 Å². The molecule has 1 atom stereocenters. The lowest BCUT2D eigenvalue weighted by Crippen LogP contribution is -2.87. The molecular weight excluding hydrogens is 386 g/mol. The number of carbonyl (C=O) groups is 1. The van der Waals surface area contributed by atoms with Crippen LogP contribution in [0.1, 0.15) is 64.2 Å². The summed E-state index contributed by atoms with van der Waals surface area (Å²) in [6, 6.07) is 3.55. The van der Waals surface area contributed by atoms with Crippen LogP contribution in [0.15, 0.2) is 32.4 Å². The molecule has 3 rings (SSSR count). The molecule has 0 spiro atoms. The van der Waals surface area contributed by atoms with Crippen molar-refractivity contribution in [2.45, 2.75) is 71.0 Å². The zero-order valence-electron chi connectivity index (χ0n) is 17.7. The fourth-order valence-corrected chi connectivity index (χ4v) is 4.06. The molecule has 2 aromatic rings. The lowest BCUT2D eigenvalue weighted by Gasteiger charge is -2.29. The third-order valence-corrected chi connectivity index (χ3v) is 5.79. The number of aromatic amines is 1. The number of furan rings is 1. The minimum Gasteiger partial charge on any atom is -0.463 e. The predicted molar refractivity (Wildman–Crippen MR) is 114 cm³/mol. The Morgan fingerprint density at radius 1 is 1.40 bits per heavy atom. The number of quaternary nitrogens is 1. The first-order chi connectivity index (χ1) is 14.4. The summed E-state index contributed by atoms with van der Waals surface area (Å²) in [5, 5.41) is 1.88. The number of hydrogen-bond donors (Lipinski definition) is 3. The summed E-state index contributed by atoms with van der Waals surface area (Å²) >= 11 is 0. The molecule has 1 aliphatic rings. The molecule has 30 heavy (non-hydrogen) atoms. The van der Waals surface area contributed by atoms with Crippen molar-refractivity contribution in [3.05, 3.63) is 45.0 Å². The molecule has 0 saturated heterocycles. The Kier molecular flexibility index (Phi) is 7.15. The largest absolute Gasteiger partial charge is 0.463 e. The third kappa shape index (κ3) is 4.67. The maximum Gasteiger partial charge on any atom is 0.330 e. The van der Waals surface area contributed by atoms with Gasteiger partial charge >= 0.3 is 5.69 Å². The van der Waals surface area contributed by atoms with Crippen LogP contribution >= 0.6 is 0 Å². The van der Waals surface area contributed by atoms with Crippen LogP contribution in [0.3, 0.4) is 0 Å². The second kappa shape index (κ2) is 9.80. The number of nitrogens with zero attached hydrogens (tertiary/aromatic N) is 2. The fraction of sp³-hybridized carbons (Fsp3) is 0.571. The number of nitrogens with one attached hydrogen (secondary N) is 1. The Morgan fingerprint density at radius 3 is 2.77 bits per heavy atom. The number of nitrogen functional groups attached to an aromatic ring is 1. The number of rotatable bonds is 9. The van der Waals surface area contributed by atoms with E-state index < -0.39 is 11.2 Å². The van der Waals surface area contributed by atoms with Gasteiger partial charge in [-0.2, -0.15) is 0 Å². The lowest BCUT2D eigenvalue weighted by atomic mass is 10.1. The van der Waals surface area contributed by atoms with Crippen molar-refractivity contribution >= 4 is 17.4 Å². The summed E-state index contributed by atoms with van der Waals surface area (Å²) < 4.78 is 6.77. The van der Waals surface area contributed by atoms with Gasteiger partial charge in [-0.05, 0) is 38.3 Å². The van der Waals surface area contributed by atoms with E-state index in [4.69, 9.17) is 10.2 Å². The van der Waals surface area contributed by atoms with Crippen molar-refractivity contribution in [2.24, 2.45) is 0 Å². The van der Waals surface area contributed by atoms with E-state index in [0.29, 0.717) is 6.54 Å². The molecule has 9 heteroatoms. The minimum atomic E-state index is -0.607. The second-order valence-corrected chi connectivity index (χ2v) is 7.94. The highest BCUT2D eigenvalue weighted by atomic mass is 16.3. The summed E-state index contributed by atoms with van der Waals surface area (Å²) in [5.41, 5.74) is 5.25. The molecule has 1 amide bonds. The van der Waals surface area contributed by atoms with Crippen molar-refractivity contribution in [1.82, 2.24) is 9.55 Å². The van der Waals surface area contributed by atoms with Gasteiger partial charge in [-0.3, -0.25) is 24.0 Å². The Hall–Kier alpha value is -2.81. The summed E-state index contributed by atoms with van der Waals surface area (Å²) in [6.07, 6.45) is 6.85. The number of unbranched alkanes of at least 4 members (excludes halogenated alkanes) is 1. The number of H-pyrrole nitrogens is 1. The zero-order chi connectivity index (χ0) is 21.7. The van der Waals surface area contributed by atoms with E-state index in [-0.39, 0.29) is 36.0 Å². The SMILES string of the molecule is CCCCn1c(N)c(N(C(=O)C[NH2+][C@H](C)c2ccco2)C2CCCC2)c(=O)[nH]c1=O. The smallest absolute Gasteiger partial charge is 0.330 e. The van der Waals surface area contributed by atoms with Crippen molar-refractivity contribution in [3.8, 4) is 0 Å². The first-order valence-corrected chi connectivity index (χ1v) is 10.7. The number of anilines is 2. The van der Waals surface area contributed by atoms with Crippen LogP contribution in [0.5, 0.6) is 0 Å². The highest BCUT2D eigenvalue weighted by Gasteiger charge is 2.33. The summed E-state index contributed by atoms with van der Waals surface area (Å²) in [7, 11) is 0. The molecule has 0 radical (unpaired) electrons. The fourth-order valence-electron chi connectivity index (χ4n) is 4.06. The molecule has 1 aliphatic carbocycles. The summed E-state index contributed by atoms with van der Waals surface area (Å²) in [6.45, 7) is 4.51. The monoisotopic (exact) mass is 418 g/mol. The van der Waals surface area contributed by atoms with Gasteiger partial charge in [-0.25, -0.2) is 4.79 Å². The van der Waals surface area contributed by atoms with Gasteiger partial charge in [0.05, 0.1) is 6.26 Å². The Labute approximate surface area is 175 Å².